The van der Waals surface area contributed by atoms with Crippen LogP contribution in [-0.4, -0.2) is 9.67 Å². The number of rotatable bonds is 2. The van der Waals surface area contributed by atoms with Gasteiger partial charge in [-0.25, -0.2) is 0 Å². The van der Waals surface area contributed by atoms with Gasteiger partial charge in [0.05, 0.1) is 12.1 Å². The normalized spacial score (nSPS) is 11.0. The summed E-state index contributed by atoms with van der Waals surface area (Å²) in [5.41, 5.74) is 3.05. The second-order valence-electron chi connectivity index (χ2n) is 4.22. The van der Waals surface area contributed by atoms with Gasteiger partial charge in [-0.15, -0.1) is 0 Å². The molecule has 2 nitrogen and oxygen atoms in total. The van der Waals surface area contributed by atoms with Crippen LogP contribution >= 0.6 is 11.6 Å². The van der Waals surface area contributed by atoms with Gasteiger partial charge in [0.25, 0.3) is 0 Å². The van der Waals surface area contributed by atoms with Crippen LogP contribution in [0.25, 0.3) is 16.6 Å². The number of aliphatic hydroxyl groups excluding tert-OH is 1. The Balaban J connectivity index is 2.19. The number of nitrogens with zero attached hydrogens (tertiary/aromatic N) is 1. The van der Waals surface area contributed by atoms with E-state index in [0.29, 0.717) is 0 Å². The Morgan fingerprint density at radius 3 is 2.78 bits per heavy atom. The number of halogens is 1. The number of aromatic nitrogens is 1. The molecule has 0 atom stereocenters. The first-order valence-corrected chi connectivity index (χ1v) is 6.12. The molecule has 0 unspecified atom stereocenters. The quantitative estimate of drug-likeness (QED) is 0.743. The molecule has 90 valence electrons. The van der Waals surface area contributed by atoms with Gasteiger partial charge in [0.1, 0.15) is 0 Å². The van der Waals surface area contributed by atoms with E-state index in [0.717, 1.165) is 27.2 Å². The monoisotopic (exact) mass is 257 g/mol. The standard InChI is InChI=1S/C15H12ClNO/c16-13-4-5-15-12(9-13)6-7-17(15)14-3-1-2-11(8-14)10-18/h1-9,18H,10H2. The lowest BCUT2D eigenvalue weighted by Gasteiger charge is -2.07. The van der Waals surface area contributed by atoms with E-state index in [2.05, 4.69) is 4.57 Å². The Hall–Kier alpha value is -1.77. The number of benzene rings is 2. The molecule has 0 spiro atoms. The largest absolute Gasteiger partial charge is 0.392 e. The summed E-state index contributed by atoms with van der Waals surface area (Å²) >= 11 is 5.98. The van der Waals surface area contributed by atoms with Crippen LogP contribution in [0.2, 0.25) is 5.02 Å². The highest BCUT2D eigenvalue weighted by atomic mass is 35.5. The molecule has 0 amide bonds. The third-order valence-corrected chi connectivity index (χ3v) is 3.26. The molecule has 2 aromatic carbocycles. The molecule has 0 saturated heterocycles. The predicted molar refractivity (Wildman–Crippen MR) is 74.2 cm³/mol. The van der Waals surface area contributed by atoms with Crippen molar-refractivity contribution in [2.45, 2.75) is 6.61 Å². The molecule has 1 aromatic heterocycles. The van der Waals surface area contributed by atoms with Gasteiger partial charge in [-0.2, -0.15) is 0 Å². The van der Waals surface area contributed by atoms with Crippen molar-refractivity contribution in [3.05, 3.63) is 65.3 Å². The molecule has 3 heteroatoms. The summed E-state index contributed by atoms with van der Waals surface area (Å²) in [7, 11) is 0. The van der Waals surface area contributed by atoms with Crippen molar-refractivity contribution in [1.29, 1.82) is 0 Å². The summed E-state index contributed by atoms with van der Waals surface area (Å²) in [6.07, 6.45) is 2.01. The lowest BCUT2D eigenvalue weighted by Crippen LogP contribution is -1.93. The highest BCUT2D eigenvalue weighted by Gasteiger charge is 2.04. The van der Waals surface area contributed by atoms with E-state index in [1.54, 1.807) is 0 Å². The fourth-order valence-electron chi connectivity index (χ4n) is 2.14. The average molecular weight is 258 g/mol. The molecule has 3 aromatic rings. The molecule has 0 aliphatic rings. The van der Waals surface area contributed by atoms with Gasteiger partial charge in [0.2, 0.25) is 0 Å². The van der Waals surface area contributed by atoms with E-state index >= 15 is 0 Å². The van der Waals surface area contributed by atoms with Crippen LogP contribution in [0.15, 0.2) is 54.7 Å². The highest BCUT2D eigenvalue weighted by molar-refractivity contribution is 6.31. The van der Waals surface area contributed by atoms with Gasteiger partial charge in [0.15, 0.2) is 0 Å². The Morgan fingerprint density at radius 1 is 1.06 bits per heavy atom. The molecule has 0 aliphatic heterocycles. The van der Waals surface area contributed by atoms with Crippen molar-refractivity contribution in [3.8, 4) is 5.69 Å². The Bertz CT molecular complexity index is 703. The van der Waals surface area contributed by atoms with E-state index < -0.39 is 0 Å². The maximum atomic E-state index is 9.18. The van der Waals surface area contributed by atoms with Crippen LogP contribution < -0.4 is 0 Å². The number of fused-ring (bicyclic) bond motifs is 1. The Labute approximate surface area is 110 Å². The fraction of sp³-hybridized carbons (Fsp3) is 0.0667. The minimum atomic E-state index is 0.0544. The first kappa shape index (κ1) is 11.3. The van der Waals surface area contributed by atoms with Crippen molar-refractivity contribution in [1.82, 2.24) is 4.57 Å². The zero-order chi connectivity index (χ0) is 12.5. The van der Waals surface area contributed by atoms with Gasteiger partial charge in [0, 0.05) is 22.3 Å². The zero-order valence-corrected chi connectivity index (χ0v) is 10.4. The van der Waals surface area contributed by atoms with E-state index in [4.69, 9.17) is 11.6 Å². The first-order valence-electron chi connectivity index (χ1n) is 5.75. The maximum absolute atomic E-state index is 9.18. The van der Waals surface area contributed by atoms with Crippen LogP contribution in [-0.2, 0) is 6.61 Å². The summed E-state index contributed by atoms with van der Waals surface area (Å²) in [6, 6.07) is 15.7. The number of hydrogen-bond donors (Lipinski definition) is 1. The molecule has 0 saturated carbocycles. The van der Waals surface area contributed by atoms with Crippen molar-refractivity contribution >= 4 is 22.5 Å². The molecular formula is C15H12ClNO. The molecule has 1 heterocycles. The SMILES string of the molecule is OCc1cccc(-n2ccc3cc(Cl)ccc32)c1. The summed E-state index contributed by atoms with van der Waals surface area (Å²) < 4.78 is 2.09. The molecule has 18 heavy (non-hydrogen) atoms. The van der Waals surface area contributed by atoms with Gasteiger partial charge < -0.3 is 9.67 Å². The smallest absolute Gasteiger partial charge is 0.0682 e. The summed E-state index contributed by atoms with van der Waals surface area (Å²) in [5, 5.41) is 11.0. The third-order valence-electron chi connectivity index (χ3n) is 3.02. The van der Waals surface area contributed by atoms with Crippen LogP contribution in [0.1, 0.15) is 5.56 Å². The van der Waals surface area contributed by atoms with E-state index in [-0.39, 0.29) is 6.61 Å². The number of hydrogen-bond acceptors (Lipinski definition) is 1. The van der Waals surface area contributed by atoms with Gasteiger partial charge in [-0.05, 0) is 42.0 Å². The second-order valence-corrected chi connectivity index (χ2v) is 4.65. The second kappa shape index (κ2) is 4.48. The van der Waals surface area contributed by atoms with Crippen molar-refractivity contribution in [2.75, 3.05) is 0 Å². The molecule has 3 rings (SSSR count). The van der Waals surface area contributed by atoms with Crippen LogP contribution in [0.5, 0.6) is 0 Å². The van der Waals surface area contributed by atoms with Crippen LogP contribution in [0, 0.1) is 0 Å². The average Bonchev–Trinajstić information content (AvgIpc) is 2.81. The topological polar surface area (TPSA) is 25.2 Å². The predicted octanol–water partition coefficient (Wildman–Crippen LogP) is 3.78. The zero-order valence-electron chi connectivity index (χ0n) is 9.68. The molecule has 0 fully saturated rings. The van der Waals surface area contributed by atoms with Gasteiger partial charge in [-0.3, -0.25) is 0 Å². The molecule has 0 radical (unpaired) electrons. The minimum Gasteiger partial charge on any atom is -0.392 e. The number of aliphatic hydroxyl groups is 1. The van der Waals surface area contributed by atoms with Crippen LogP contribution in [0.4, 0.5) is 0 Å². The maximum Gasteiger partial charge on any atom is 0.0682 e. The summed E-state index contributed by atoms with van der Waals surface area (Å²) in [6.45, 7) is 0.0544. The van der Waals surface area contributed by atoms with Crippen molar-refractivity contribution < 1.29 is 5.11 Å². The van der Waals surface area contributed by atoms with E-state index in [1.165, 1.54) is 0 Å². The summed E-state index contributed by atoms with van der Waals surface area (Å²) in [5.74, 6) is 0. The highest BCUT2D eigenvalue weighted by Crippen LogP contribution is 2.24. The van der Waals surface area contributed by atoms with Gasteiger partial charge >= 0.3 is 0 Å². The molecule has 0 aliphatic carbocycles. The molecular weight excluding hydrogens is 246 g/mol. The van der Waals surface area contributed by atoms with Crippen LogP contribution in [0.3, 0.4) is 0 Å². The minimum absolute atomic E-state index is 0.0544. The Morgan fingerprint density at radius 2 is 1.94 bits per heavy atom. The van der Waals surface area contributed by atoms with Crippen molar-refractivity contribution in [2.24, 2.45) is 0 Å². The molecule has 1 N–H and O–H groups in total. The van der Waals surface area contributed by atoms with Crippen molar-refractivity contribution in [3.63, 3.8) is 0 Å². The Kier molecular flexibility index (Phi) is 2.82. The fourth-order valence-corrected chi connectivity index (χ4v) is 2.32. The van der Waals surface area contributed by atoms with Gasteiger partial charge in [-0.1, -0.05) is 23.7 Å². The molecule has 0 bridgehead atoms. The summed E-state index contributed by atoms with van der Waals surface area (Å²) in [4.78, 5) is 0. The van der Waals surface area contributed by atoms with E-state index in [9.17, 15) is 5.11 Å². The third kappa shape index (κ3) is 1.90. The lowest BCUT2D eigenvalue weighted by atomic mass is 10.2. The lowest BCUT2D eigenvalue weighted by molar-refractivity contribution is 0.282. The van der Waals surface area contributed by atoms with E-state index in [1.807, 2.05) is 54.7 Å². The first-order chi connectivity index (χ1) is 8.78.